The van der Waals surface area contributed by atoms with Crippen molar-refractivity contribution < 1.29 is 14.8 Å². The Morgan fingerprint density at radius 2 is 1.61 bits per heavy atom. The van der Waals surface area contributed by atoms with Gasteiger partial charge in [-0.3, -0.25) is 14.9 Å². The second kappa shape index (κ2) is 15.5. The predicted octanol–water partition coefficient (Wildman–Crippen LogP) is 3.81. The maximum Gasteiger partial charge on any atom is 0.297 e. The molecule has 5 heteroatoms. The van der Waals surface area contributed by atoms with E-state index in [0.29, 0.717) is 19.3 Å². The summed E-state index contributed by atoms with van der Waals surface area (Å²) in [5, 5.41) is 20.9. The maximum atomic E-state index is 11.0. The van der Waals surface area contributed by atoms with E-state index in [1.54, 1.807) is 0 Å². The van der Waals surface area contributed by atoms with Gasteiger partial charge in [-0.1, -0.05) is 57.8 Å². The number of rotatable bonds is 14. The van der Waals surface area contributed by atoms with E-state index < -0.39 is 17.1 Å². The van der Waals surface area contributed by atoms with E-state index >= 15 is 0 Å². The van der Waals surface area contributed by atoms with Crippen molar-refractivity contribution in [1.82, 2.24) is 0 Å². The number of aliphatic hydroxyl groups is 1. The van der Waals surface area contributed by atoms with Crippen LogP contribution < -0.4 is 0 Å². The van der Waals surface area contributed by atoms with Crippen LogP contribution in [0.2, 0.25) is 0 Å². The lowest BCUT2D eigenvalue weighted by Crippen LogP contribution is -2.32. The third-order valence-corrected chi connectivity index (χ3v) is 3.78. The summed E-state index contributed by atoms with van der Waals surface area (Å²) in [6.07, 6.45) is 11.3. The Hall–Kier alpha value is -1.41. The predicted molar refractivity (Wildman–Crippen MR) is 91.3 cm³/mol. The third kappa shape index (κ3) is 12.8. The second-order valence-electron chi connectivity index (χ2n) is 5.88. The minimum atomic E-state index is -1.17. The normalized spacial score (nSPS) is 13.0. The highest BCUT2D eigenvalue weighted by Gasteiger charge is 2.26. The highest BCUT2D eigenvalue weighted by atomic mass is 16.6. The van der Waals surface area contributed by atoms with E-state index in [9.17, 15) is 20.0 Å². The zero-order chi connectivity index (χ0) is 17.3. The largest absolute Gasteiger partial charge is 0.385 e. The minimum absolute atomic E-state index is 0.439. The molecule has 23 heavy (non-hydrogen) atoms. The summed E-state index contributed by atoms with van der Waals surface area (Å²) in [7, 11) is 0. The van der Waals surface area contributed by atoms with Crippen LogP contribution in [0.4, 0.5) is 0 Å². The van der Waals surface area contributed by atoms with Gasteiger partial charge in [0.25, 0.3) is 6.04 Å². The SMILES string of the molecule is CCCCCCC(O)C(C#CCCCCCCC[C]=O)[N+](=O)[O-]. The van der Waals surface area contributed by atoms with Gasteiger partial charge < -0.3 is 5.11 Å². The van der Waals surface area contributed by atoms with E-state index in [4.69, 9.17) is 0 Å². The lowest BCUT2D eigenvalue weighted by Gasteiger charge is -2.11. The molecule has 0 fully saturated rings. The summed E-state index contributed by atoms with van der Waals surface area (Å²) in [5.41, 5.74) is 0. The molecule has 2 atom stereocenters. The van der Waals surface area contributed by atoms with E-state index in [-0.39, 0.29) is 0 Å². The van der Waals surface area contributed by atoms with Crippen molar-refractivity contribution in [2.75, 3.05) is 0 Å². The van der Waals surface area contributed by atoms with Gasteiger partial charge in [0.2, 0.25) is 0 Å². The molecule has 1 N–H and O–H groups in total. The average molecular weight is 324 g/mol. The van der Waals surface area contributed by atoms with Gasteiger partial charge in [-0.25, -0.2) is 0 Å². The summed E-state index contributed by atoms with van der Waals surface area (Å²) >= 11 is 0. The average Bonchev–Trinajstić information content (AvgIpc) is 2.53. The molecule has 0 amide bonds. The number of carbonyl (C=O) groups excluding carboxylic acids is 1. The summed E-state index contributed by atoms with van der Waals surface area (Å²) in [6.45, 7) is 2.10. The zero-order valence-corrected chi connectivity index (χ0v) is 14.3. The van der Waals surface area contributed by atoms with Crippen LogP contribution in [-0.4, -0.2) is 28.5 Å². The van der Waals surface area contributed by atoms with Crippen LogP contribution in [-0.2, 0) is 4.79 Å². The standard InChI is InChI=1S/C18H30NO4/c1-2-3-4-12-15-18(21)17(19(22)23)14-11-9-7-5-6-8-10-13-16-20/h17-18,21H,2-10,12-13,15H2,1H3. The molecular weight excluding hydrogens is 294 g/mol. The van der Waals surface area contributed by atoms with Gasteiger partial charge in [0.05, 0.1) is 0 Å². The molecule has 0 aromatic rings. The number of aliphatic hydroxyl groups excluding tert-OH is 1. The van der Waals surface area contributed by atoms with Crippen LogP contribution in [0.1, 0.15) is 84.0 Å². The number of nitrogens with zero attached hydrogens (tertiary/aromatic N) is 1. The second-order valence-corrected chi connectivity index (χ2v) is 5.88. The number of hydrogen-bond acceptors (Lipinski definition) is 4. The number of nitro groups is 1. The molecule has 1 radical (unpaired) electrons. The smallest absolute Gasteiger partial charge is 0.297 e. The Balaban J connectivity index is 3.94. The van der Waals surface area contributed by atoms with Crippen molar-refractivity contribution in [3.05, 3.63) is 10.1 Å². The van der Waals surface area contributed by atoms with Crippen LogP contribution in [0.25, 0.3) is 0 Å². The molecule has 0 rings (SSSR count). The van der Waals surface area contributed by atoms with E-state index in [1.165, 1.54) is 0 Å². The van der Waals surface area contributed by atoms with Gasteiger partial charge in [0.1, 0.15) is 6.10 Å². The molecule has 0 saturated heterocycles. The number of hydrogen-bond donors (Lipinski definition) is 1. The van der Waals surface area contributed by atoms with Crippen LogP contribution in [0.3, 0.4) is 0 Å². The fourth-order valence-electron chi connectivity index (χ4n) is 2.35. The Labute approximate surface area is 140 Å². The Morgan fingerprint density at radius 1 is 1.00 bits per heavy atom. The molecule has 0 heterocycles. The lowest BCUT2D eigenvalue weighted by molar-refractivity contribution is -0.518. The first-order valence-electron chi connectivity index (χ1n) is 8.78. The van der Waals surface area contributed by atoms with Gasteiger partial charge in [0, 0.05) is 17.8 Å². The van der Waals surface area contributed by atoms with Crippen LogP contribution in [0, 0.1) is 22.0 Å². The van der Waals surface area contributed by atoms with E-state index in [1.807, 2.05) is 6.29 Å². The maximum absolute atomic E-state index is 11.0. The van der Waals surface area contributed by atoms with E-state index in [0.717, 1.165) is 57.8 Å². The summed E-state index contributed by atoms with van der Waals surface area (Å²) in [4.78, 5) is 20.6. The van der Waals surface area contributed by atoms with Crippen molar-refractivity contribution in [2.24, 2.45) is 0 Å². The number of unbranched alkanes of at least 4 members (excludes halogenated alkanes) is 9. The highest BCUT2D eigenvalue weighted by Crippen LogP contribution is 2.10. The molecule has 0 aliphatic heterocycles. The van der Waals surface area contributed by atoms with Gasteiger partial charge in [-0.2, -0.15) is 0 Å². The molecule has 0 bridgehead atoms. The summed E-state index contributed by atoms with van der Waals surface area (Å²) < 4.78 is 0. The highest BCUT2D eigenvalue weighted by molar-refractivity contribution is 5.50. The summed E-state index contributed by atoms with van der Waals surface area (Å²) in [6, 6.07) is -1.17. The van der Waals surface area contributed by atoms with Crippen molar-refractivity contribution in [2.45, 2.75) is 96.1 Å². The lowest BCUT2D eigenvalue weighted by atomic mass is 10.0. The monoisotopic (exact) mass is 324 g/mol. The first-order valence-corrected chi connectivity index (χ1v) is 8.78. The fraction of sp³-hybridized carbons (Fsp3) is 0.833. The van der Waals surface area contributed by atoms with Gasteiger partial charge >= 0.3 is 0 Å². The topological polar surface area (TPSA) is 80.4 Å². The van der Waals surface area contributed by atoms with Gasteiger partial charge in [-0.05, 0) is 25.2 Å². The van der Waals surface area contributed by atoms with Crippen LogP contribution >= 0.6 is 0 Å². The third-order valence-electron chi connectivity index (χ3n) is 3.78. The van der Waals surface area contributed by atoms with E-state index in [2.05, 4.69) is 18.8 Å². The molecule has 131 valence electrons. The van der Waals surface area contributed by atoms with Crippen LogP contribution in [0.15, 0.2) is 0 Å². The van der Waals surface area contributed by atoms with Gasteiger partial charge in [-0.15, -0.1) is 0 Å². The zero-order valence-electron chi connectivity index (χ0n) is 14.3. The quantitative estimate of drug-likeness (QED) is 0.228. The molecule has 0 aliphatic rings. The molecule has 0 aromatic carbocycles. The molecule has 0 saturated carbocycles. The first-order chi connectivity index (χ1) is 11.1. The molecule has 0 aromatic heterocycles. The van der Waals surface area contributed by atoms with Crippen molar-refractivity contribution in [1.29, 1.82) is 0 Å². The summed E-state index contributed by atoms with van der Waals surface area (Å²) in [5.74, 6) is 5.46. The Morgan fingerprint density at radius 3 is 2.22 bits per heavy atom. The molecule has 5 nitrogen and oxygen atoms in total. The van der Waals surface area contributed by atoms with Gasteiger partial charge in [0.15, 0.2) is 6.29 Å². The molecule has 0 spiro atoms. The van der Waals surface area contributed by atoms with Crippen molar-refractivity contribution in [3.63, 3.8) is 0 Å². The molecular formula is C18H30NO4. The Bertz CT molecular complexity index is 373. The molecule has 2 unspecified atom stereocenters. The van der Waals surface area contributed by atoms with Crippen molar-refractivity contribution >= 4 is 6.29 Å². The van der Waals surface area contributed by atoms with Crippen LogP contribution in [0.5, 0.6) is 0 Å². The molecule has 0 aliphatic carbocycles. The fourth-order valence-corrected chi connectivity index (χ4v) is 2.35. The minimum Gasteiger partial charge on any atom is -0.385 e. The van der Waals surface area contributed by atoms with Crippen molar-refractivity contribution in [3.8, 4) is 11.8 Å². The first kappa shape index (κ1) is 21.6. The Kier molecular flexibility index (Phi) is 14.5.